The second-order valence-electron chi connectivity index (χ2n) is 19.2. The molecule has 0 aliphatic carbocycles. The number of primary amides is 3. The normalized spacial score (nSPS) is 24.3. The van der Waals surface area contributed by atoms with Crippen molar-refractivity contribution >= 4 is 70.9 Å². The number of amides is 11. The van der Waals surface area contributed by atoms with Crippen LogP contribution >= 0.6 is 0 Å². The number of hydrogen-bond donors (Lipinski definition) is 13. The fourth-order valence-corrected chi connectivity index (χ4v) is 8.68. The van der Waals surface area contributed by atoms with Gasteiger partial charge in [-0.15, -0.1) is 0 Å². The van der Waals surface area contributed by atoms with E-state index in [4.69, 9.17) is 17.2 Å². The van der Waals surface area contributed by atoms with E-state index in [-0.39, 0.29) is 38.0 Å². The van der Waals surface area contributed by atoms with E-state index in [9.17, 15) is 72.9 Å². The van der Waals surface area contributed by atoms with Gasteiger partial charge in [0.2, 0.25) is 65.0 Å². The van der Waals surface area contributed by atoms with Crippen LogP contribution in [0.3, 0.4) is 0 Å². The van der Waals surface area contributed by atoms with Gasteiger partial charge in [-0.1, -0.05) is 77.3 Å². The van der Waals surface area contributed by atoms with Gasteiger partial charge in [-0.25, -0.2) is 0 Å². The van der Waals surface area contributed by atoms with Crippen LogP contribution in [0.4, 0.5) is 0 Å². The van der Waals surface area contributed by atoms with E-state index in [1.54, 1.807) is 0 Å². The quantitative estimate of drug-likeness (QED) is 0.0529. The van der Waals surface area contributed by atoms with Crippen molar-refractivity contribution in [1.29, 1.82) is 0 Å². The number of aliphatic hydroxyl groups excluding tert-OH is 1. The maximum atomic E-state index is 14.3. The second kappa shape index (κ2) is 31.4. The molecular formula is C49H75N11O15. The Morgan fingerprint density at radius 3 is 1.69 bits per heavy atom. The highest BCUT2D eigenvalue weighted by Gasteiger charge is 2.41. The second-order valence-corrected chi connectivity index (χ2v) is 19.2. The minimum atomic E-state index is -1.88. The van der Waals surface area contributed by atoms with Crippen LogP contribution in [0.15, 0.2) is 24.3 Å². The third kappa shape index (κ3) is 21.9. The van der Waals surface area contributed by atoms with Crippen molar-refractivity contribution in [3.8, 4) is 5.75 Å². The topological polar surface area (TPSA) is 431 Å². The van der Waals surface area contributed by atoms with Crippen LogP contribution in [0.25, 0.3) is 0 Å². The van der Waals surface area contributed by atoms with Gasteiger partial charge < -0.3 is 74.6 Å². The van der Waals surface area contributed by atoms with Gasteiger partial charge in [-0.05, 0) is 49.3 Å². The highest BCUT2D eigenvalue weighted by atomic mass is 16.4. The summed E-state index contributed by atoms with van der Waals surface area (Å²) in [6.07, 6.45) is 2.88. The Kier molecular flexibility index (Phi) is 25.9. The van der Waals surface area contributed by atoms with Gasteiger partial charge in [-0.3, -0.25) is 57.5 Å². The number of carboxylic acid groups (broad SMARTS) is 1. The molecule has 416 valence electrons. The summed E-state index contributed by atoms with van der Waals surface area (Å²) in [6, 6.07) is -7.70. The zero-order valence-electron chi connectivity index (χ0n) is 42.6. The van der Waals surface area contributed by atoms with Crippen LogP contribution < -0.4 is 54.4 Å². The lowest BCUT2D eigenvalue weighted by Gasteiger charge is -2.31. The number of unbranched alkanes of at least 4 members (excludes halogenated alkanes) is 5. The summed E-state index contributed by atoms with van der Waals surface area (Å²) < 4.78 is 0. The third-order valence-electron chi connectivity index (χ3n) is 13.0. The molecule has 0 unspecified atom stereocenters. The van der Waals surface area contributed by atoms with Crippen molar-refractivity contribution in [1.82, 2.24) is 42.1 Å². The Labute approximate surface area is 434 Å². The highest BCUT2D eigenvalue weighted by Crippen LogP contribution is 2.21. The molecule has 0 aromatic heterocycles. The van der Waals surface area contributed by atoms with Crippen molar-refractivity contribution in [2.45, 2.75) is 178 Å². The average molecular weight is 1060 g/mol. The number of aliphatic hydroxyl groups is 1. The third-order valence-corrected chi connectivity index (χ3v) is 13.0. The summed E-state index contributed by atoms with van der Waals surface area (Å²) in [4.78, 5) is 162. The zero-order valence-corrected chi connectivity index (χ0v) is 42.6. The molecule has 2 fully saturated rings. The SMILES string of the molecule is CC[C@H](C)CCCCCCCC[C@@H]1CC(=O)N[C@@H](CC(=O)O)C(=O)N[C@H](Cc2ccc(O)cc2)C(=O)N[C@@H](CC(N)=O)C(=O)N[C@H](CCC(N)=O)C(=O)N2CCC[C@H]2C(=O)N[C@H](CC(N)=O)C(=O)N[C@@H](CO)C(=O)N1. The number of rotatable bonds is 22. The Morgan fingerprint density at radius 2 is 1.13 bits per heavy atom. The number of carboxylic acids is 1. The number of nitrogens with one attached hydrogen (secondary N) is 7. The predicted molar refractivity (Wildman–Crippen MR) is 266 cm³/mol. The summed E-state index contributed by atoms with van der Waals surface area (Å²) in [5.74, 6) is -12.8. The smallest absolute Gasteiger partial charge is 0.305 e. The molecule has 3 rings (SSSR count). The van der Waals surface area contributed by atoms with Gasteiger partial charge in [0.25, 0.3) is 0 Å². The standard InChI is InChI=1S/C49H75N11O15/c1-3-27(2)11-8-6-4-5-7-9-12-29-22-41(66)54-35(25-42(67)68)46(72)56-32(21-28-14-16-30(62)17-15-28)43(69)57-33(23-39(51)64)44(70)55-31(18-19-38(50)63)49(75)60-20-10-13-37(60)48(74)58-34(24-40(52)65)45(71)59-36(26-61)47(73)53-29/h14-17,27,29,31-37,61-62H,3-13,18-26H2,1-2H3,(H2,50,63)(H2,51,64)(H2,52,65)(H,53,73)(H,54,66)(H,55,70)(H,56,72)(H,57,69)(H,58,74)(H,59,71)(H,67,68)/t27-,29+,31+,32+,33-,34+,35-,36-,37-/m0/s1. The van der Waals surface area contributed by atoms with Crippen LogP contribution in [-0.2, 0) is 64.0 Å². The van der Waals surface area contributed by atoms with Gasteiger partial charge >= 0.3 is 5.97 Å². The molecule has 2 aliphatic heterocycles. The number of aromatic hydroxyl groups is 1. The number of hydrogen-bond acceptors (Lipinski definition) is 14. The first-order valence-corrected chi connectivity index (χ1v) is 25.4. The van der Waals surface area contributed by atoms with Crippen molar-refractivity contribution < 1.29 is 72.9 Å². The molecule has 2 aliphatic rings. The Bertz CT molecular complexity index is 2200. The Hall–Kier alpha value is -7.38. The first-order valence-electron chi connectivity index (χ1n) is 25.4. The molecule has 0 bridgehead atoms. The fourth-order valence-electron chi connectivity index (χ4n) is 8.68. The molecular weight excluding hydrogens is 983 g/mol. The predicted octanol–water partition coefficient (Wildman–Crippen LogP) is -2.63. The summed E-state index contributed by atoms with van der Waals surface area (Å²) in [5.41, 5.74) is 16.6. The Balaban J connectivity index is 2.12. The van der Waals surface area contributed by atoms with Crippen LogP contribution in [0.5, 0.6) is 5.75 Å². The lowest BCUT2D eigenvalue weighted by atomic mass is 9.99. The molecule has 16 N–H and O–H groups in total. The lowest BCUT2D eigenvalue weighted by molar-refractivity contribution is -0.143. The molecule has 11 amide bonds. The van der Waals surface area contributed by atoms with E-state index in [0.29, 0.717) is 24.3 Å². The van der Waals surface area contributed by atoms with Gasteiger partial charge in [0.15, 0.2) is 0 Å². The number of fused-ring (bicyclic) bond motifs is 1. The lowest BCUT2D eigenvalue weighted by Crippen LogP contribution is -2.60. The summed E-state index contributed by atoms with van der Waals surface area (Å²) in [5, 5.41) is 46.9. The summed E-state index contributed by atoms with van der Waals surface area (Å²) >= 11 is 0. The number of phenolic OH excluding ortho intramolecular Hbond substituents is 1. The molecule has 75 heavy (non-hydrogen) atoms. The van der Waals surface area contributed by atoms with Gasteiger partial charge in [0.1, 0.15) is 48.0 Å². The number of nitrogens with two attached hydrogens (primary N) is 3. The van der Waals surface area contributed by atoms with Gasteiger partial charge in [-0.2, -0.15) is 0 Å². The van der Waals surface area contributed by atoms with E-state index < -0.39 is 164 Å². The average Bonchev–Trinajstić information content (AvgIpc) is 3.84. The zero-order chi connectivity index (χ0) is 55.8. The van der Waals surface area contributed by atoms with E-state index in [2.05, 4.69) is 51.1 Å². The number of benzene rings is 1. The summed E-state index contributed by atoms with van der Waals surface area (Å²) in [7, 11) is 0. The largest absolute Gasteiger partial charge is 0.508 e. The summed E-state index contributed by atoms with van der Waals surface area (Å²) in [6.45, 7) is 3.21. The van der Waals surface area contributed by atoms with E-state index >= 15 is 0 Å². The van der Waals surface area contributed by atoms with Gasteiger partial charge in [0.05, 0.1) is 25.9 Å². The minimum Gasteiger partial charge on any atom is -0.508 e. The number of carbonyl (C=O) groups is 12. The molecule has 2 saturated heterocycles. The molecule has 2 heterocycles. The number of aliphatic carboxylic acids is 1. The molecule has 1 aromatic carbocycles. The Morgan fingerprint density at radius 1 is 0.627 bits per heavy atom. The van der Waals surface area contributed by atoms with Crippen LogP contribution in [0.1, 0.15) is 129 Å². The number of phenols is 1. The van der Waals surface area contributed by atoms with E-state index in [0.717, 1.165) is 43.4 Å². The van der Waals surface area contributed by atoms with Crippen molar-refractivity contribution in [3.63, 3.8) is 0 Å². The fraction of sp³-hybridized carbons (Fsp3) is 0.633. The molecule has 0 spiro atoms. The van der Waals surface area contributed by atoms with Crippen LogP contribution in [0.2, 0.25) is 0 Å². The molecule has 0 saturated carbocycles. The first-order chi connectivity index (χ1) is 35.5. The van der Waals surface area contributed by atoms with Crippen molar-refractivity contribution in [2.75, 3.05) is 13.2 Å². The molecule has 1 aromatic rings. The molecule has 26 heteroatoms. The number of nitrogens with zero attached hydrogens (tertiary/aromatic N) is 1. The van der Waals surface area contributed by atoms with E-state index in [1.165, 1.54) is 24.3 Å². The van der Waals surface area contributed by atoms with Gasteiger partial charge in [0, 0.05) is 31.8 Å². The number of carbonyl (C=O) groups excluding carboxylic acids is 11. The van der Waals surface area contributed by atoms with Crippen LogP contribution in [0, 0.1) is 5.92 Å². The monoisotopic (exact) mass is 1060 g/mol. The first kappa shape index (κ1) is 61.9. The maximum absolute atomic E-state index is 14.3. The highest BCUT2D eigenvalue weighted by molar-refractivity contribution is 6.00. The molecule has 0 radical (unpaired) electrons. The molecule has 26 nitrogen and oxygen atoms in total. The van der Waals surface area contributed by atoms with Crippen LogP contribution in [-0.4, -0.2) is 153 Å². The van der Waals surface area contributed by atoms with Crippen molar-refractivity contribution in [3.05, 3.63) is 29.8 Å². The molecule has 9 atom stereocenters. The van der Waals surface area contributed by atoms with E-state index in [1.807, 2.05) is 0 Å². The maximum Gasteiger partial charge on any atom is 0.305 e. The van der Waals surface area contributed by atoms with Crippen molar-refractivity contribution in [2.24, 2.45) is 23.1 Å². The minimum absolute atomic E-state index is 0.00430.